The van der Waals surface area contributed by atoms with Gasteiger partial charge in [-0.05, 0) is 36.8 Å². The molecule has 0 aliphatic carbocycles. The van der Waals surface area contributed by atoms with Gasteiger partial charge in [0.25, 0.3) is 5.91 Å². The van der Waals surface area contributed by atoms with E-state index in [0.717, 1.165) is 18.2 Å². The van der Waals surface area contributed by atoms with Gasteiger partial charge in [0.1, 0.15) is 5.82 Å². The zero-order chi connectivity index (χ0) is 15.6. The van der Waals surface area contributed by atoms with E-state index >= 15 is 0 Å². The molecule has 1 atom stereocenters. The van der Waals surface area contributed by atoms with E-state index < -0.39 is 29.4 Å². The van der Waals surface area contributed by atoms with E-state index in [0.29, 0.717) is 5.56 Å². The number of para-hydroxylation sites is 1. The quantitative estimate of drug-likeness (QED) is 0.854. The molecule has 0 saturated heterocycles. The first kappa shape index (κ1) is 14.9. The second-order valence-electron chi connectivity index (χ2n) is 4.57. The number of amides is 1. The molecule has 0 aromatic heterocycles. The fraction of sp³-hybridized carbons (Fsp3) is 0.133. The molecule has 6 heteroatoms. The summed E-state index contributed by atoms with van der Waals surface area (Å²) in [6, 6.07) is 6.63. The molecule has 2 rings (SSSR count). The van der Waals surface area contributed by atoms with Gasteiger partial charge in [0.05, 0.1) is 17.3 Å². The number of halogens is 3. The standard InChI is InChI=1S/C15H13F3N2O/c1-8(9-5-6-11(16)13(18)7-9)20-15(21)10-3-2-4-12(17)14(10)19/h2-8H,19H2,1H3,(H,20,21). The van der Waals surface area contributed by atoms with Crippen molar-refractivity contribution in [2.24, 2.45) is 0 Å². The van der Waals surface area contributed by atoms with Gasteiger partial charge in [-0.2, -0.15) is 0 Å². The van der Waals surface area contributed by atoms with Crippen molar-refractivity contribution in [3.05, 3.63) is 65.0 Å². The number of rotatable bonds is 3. The predicted octanol–water partition coefficient (Wildman–Crippen LogP) is 3.18. The van der Waals surface area contributed by atoms with Gasteiger partial charge < -0.3 is 11.1 Å². The number of carbonyl (C=O) groups is 1. The van der Waals surface area contributed by atoms with Crippen molar-refractivity contribution in [3.8, 4) is 0 Å². The first-order valence-corrected chi connectivity index (χ1v) is 6.20. The van der Waals surface area contributed by atoms with E-state index in [2.05, 4.69) is 5.32 Å². The molecule has 0 aliphatic rings. The van der Waals surface area contributed by atoms with E-state index in [9.17, 15) is 18.0 Å². The number of nitrogens with two attached hydrogens (primary N) is 1. The smallest absolute Gasteiger partial charge is 0.253 e. The average Bonchev–Trinajstić information content (AvgIpc) is 2.44. The number of carbonyl (C=O) groups excluding carboxylic acids is 1. The molecule has 0 spiro atoms. The number of nitrogens with one attached hydrogen (secondary N) is 1. The molecule has 1 amide bonds. The normalized spacial score (nSPS) is 12.0. The summed E-state index contributed by atoms with van der Waals surface area (Å²) < 4.78 is 39.3. The lowest BCUT2D eigenvalue weighted by Gasteiger charge is -2.15. The summed E-state index contributed by atoms with van der Waals surface area (Å²) >= 11 is 0. The van der Waals surface area contributed by atoms with Crippen LogP contribution in [-0.4, -0.2) is 5.91 Å². The maximum Gasteiger partial charge on any atom is 0.253 e. The van der Waals surface area contributed by atoms with Gasteiger partial charge in [-0.1, -0.05) is 12.1 Å². The van der Waals surface area contributed by atoms with Crippen molar-refractivity contribution in [1.82, 2.24) is 5.32 Å². The van der Waals surface area contributed by atoms with Crippen LogP contribution in [0.2, 0.25) is 0 Å². The second-order valence-corrected chi connectivity index (χ2v) is 4.57. The molecule has 2 aromatic rings. The average molecular weight is 294 g/mol. The Kier molecular flexibility index (Phi) is 4.16. The lowest BCUT2D eigenvalue weighted by atomic mass is 10.1. The van der Waals surface area contributed by atoms with Crippen molar-refractivity contribution in [2.75, 3.05) is 5.73 Å². The molecule has 21 heavy (non-hydrogen) atoms. The molecule has 3 nitrogen and oxygen atoms in total. The predicted molar refractivity (Wildman–Crippen MR) is 73.1 cm³/mol. The van der Waals surface area contributed by atoms with E-state index in [1.165, 1.54) is 18.2 Å². The van der Waals surface area contributed by atoms with Crippen LogP contribution in [0.4, 0.5) is 18.9 Å². The Morgan fingerprint density at radius 3 is 2.48 bits per heavy atom. The highest BCUT2D eigenvalue weighted by molar-refractivity contribution is 5.99. The third-order valence-corrected chi connectivity index (χ3v) is 3.09. The third kappa shape index (κ3) is 3.16. The topological polar surface area (TPSA) is 55.1 Å². The molecule has 3 N–H and O–H groups in total. The Morgan fingerprint density at radius 2 is 1.81 bits per heavy atom. The zero-order valence-electron chi connectivity index (χ0n) is 11.2. The molecule has 1 unspecified atom stereocenters. The van der Waals surface area contributed by atoms with E-state index in [-0.39, 0.29) is 11.3 Å². The molecule has 0 radical (unpaired) electrons. The van der Waals surface area contributed by atoms with Gasteiger partial charge in [0.15, 0.2) is 11.6 Å². The summed E-state index contributed by atoms with van der Waals surface area (Å²) in [5, 5.41) is 2.55. The Bertz CT molecular complexity index is 689. The van der Waals surface area contributed by atoms with Gasteiger partial charge in [-0.3, -0.25) is 4.79 Å². The maximum atomic E-state index is 13.3. The molecular formula is C15H13F3N2O. The second kappa shape index (κ2) is 5.87. The fourth-order valence-corrected chi connectivity index (χ4v) is 1.87. The zero-order valence-corrected chi connectivity index (χ0v) is 11.2. The Morgan fingerprint density at radius 1 is 1.10 bits per heavy atom. The molecule has 110 valence electrons. The number of anilines is 1. The van der Waals surface area contributed by atoms with E-state index in [1.54, 1.807) is 6.92 Å². The van der Waals surface area contributed by atoms with Crippen molar-refractivity contribution in [1.29, 1.82) is 0 Å². The minimum absolute atomic E-state index is 0.00978. The minimum atomic E-state index is -1.00. The first-order chi connectivity index (χ1) is 9.90. The van der Waals surface area contributed by atoms with Crippen LogP contribution in [0, 0.1) is 17.5 Å². The minimum Gasteiger partial charge on any atom is -0.396 e. The van der Waals surface area contributed by atoms with Gasteiger partial charge in [-0.25, -0.2) is 13.2 Å². The van der Waals surface area contributed by atoms with Crippen LogP contribution in [0.3, 0.4) is 0 Å². The summed E-state index contributed by atoms with van der Waals surface area (Å²) in [6.45, 7) is 1.60. The maximum absolute atomic E-state index is 13.3. The van der Waals surface area contributed by atoms with Crippen LogP contribution in [0.15, 0.2) is 36.4 Å². The highest BCUT2D eigenvalue weighted by Crippen LogP contribution is 2.19. The number of hydrogen-bond acceptors (Lipinski definition) is 2. The molecular weight excluding hydrogens is 281 g/mol. The van der Waals surface area contributed by atoms with E-state index in [1.807, 2.05) is 0 Å². The molecule has 0 aliphatic heterocycles. The van der Waals surface area contributed by atoms with Crippen LogP contribution < -0.4 is 11.1 Å². The summed E-state index contributed by atoms with van der Waals surface area (Å²) in [4.78, 5) is 12.0. The first-order valence-electron chi connectivity index (χ1n) is 6.20. The SMILES string of the molecule is CC(NC(=O)c1cccc(F)c1N)c1ccc(F)c(F)c1. The van der Waals surface area contributed by atoms with Crippen LogP contribution in [0.25, 0.3) is 0 Å². The van der Waals surface area contributed by atoms with Crippen LogP contribution in [-0.2, 0) is 0 Å². The monoisotopic (exact) mass is 294 g/mol. The molecule has 0 heterocycles. The summed E-state index contributed by atoms with van der Waals surface area (Å²) in [6.07, 6.45) is 0. The van der Waals surface area contributed by atoms with Gasteiger partial charge in [0.2, 0.25) is 0 Å². The Labute approximate surface area is 119 Å². The van der Waals surface area contributed by atoms with Gasteiger partial charge in [-0.15, -0.1) is 0 Å². The molecule has 0 bridgehead atoms. The van der Waals surface area contributed by atoms with Crippen LogP contribution in [0.5, 0.6) is 0 Å². The van der Waals surface area contributed by atoms with Gasteiger partial charge >= 0.3 is 0 Å². The number of nitrogen functional groups attached to an aromatic ring is 1. The Hall–Kier alpha value is -2.50. The summed E-state index contributed by atoms with van der Waals surface area (Å²) in [7, 11) is 0. The molecule has 0 fully saturated rings. The summed E-state index contributed by atoms with van der Waals surface area (Å²) in [5.74, 6) is -3.25. The van der Waals surface area contributed by atoms with Crippen molar-refractivity contribution in [3.63, 3.8) is 0 Å². The number of hydrogen-bond donors (Lipinski definition) is 2. The van der Waals surface area contributed by atoms with E-state index in [4.69, 9.17) is 5.73 Å². The molecule has 0 saturated carbocycles. The van der Waals surface area contributed by atoms with Crippen LogP contribution >= 0.6 is 0 Å². The van der Waals surface area contributed by atoms with Crippen molar-refractivity contribution >= 4 is 11.6 Å². The van der Waals surface area contributed by atoms with Crippen molar-refractivity contribution < 1.29 is 18.0 Å². The van der Waals surface area contributed by atoms with Crippen LogP contribution in [0.1, 0.15) is 28.9 Å². The lowest BCUT2D eigenvalue weighted by molar-refractivity contribution is 0.0940. The summed E-state index contributed by atoms with van der Waals surface area (Å²) in [5.41, 5.74) is 5.62. The lowest BCUT2D eigenvalue weighted by Crippen LogP contribution is -2.27. The third-order valence-electron chi connectivity index (χ3n) is 3.09. The highest BCUT2D eigenvalue weighted by Gasteiger charge is 2.16. The Balaban J connectivity index is 2.18. The number of benzene rings is 2. The molecule has 2 aromatic carbocycles. The largest absolute Gasteiger partial charge is 0.396 e. The highest BCUT2D eigenvalue weighted by atomic mass is 19.2. The van der Waals surface area contributed by atoms with Gasteiger partial charge in [0, 0.05) is 0 Å². The fourth-order valence-electron chi connectivity index (χ4n) is 1.87. The van der Waals surface area contributed by atoms with Crippen molar-refractivity contribution in [2.45, 2.75) is 13.0 Å².